The van der Waals surface area contributed by atoms with Crippen molar-refractivity contribution in [3.63, 3.8) is 0 Å². The van der Waals surface area contributed by atoms with Crippen molar-refractivity contribution in [2.24, 2.45) is 0 Å². The summed E-state index contributed by atoms with van der Waals surface area (Å²) in [6, 6.07) is 16.6. The van der Waals surface area contributed by atoms with Gasteiger partial charge in [-0.3, -0.25) is 9.59 Å². The van der Waals surface area contributed by atoms with Gasteiger partial charge in [-0.1, -0.05) is 41.6 Å². The molecule has 0 radical (unpaired) electrons. The molecule has 0 saturated heterocycles. The normalized spacial score (nSPS) is 11.2. The number of anilines is 1. The second-order valence-corrected chi connectivity index (χ2v) is 8.32. The molecule has 1 unspecified atom stereocenters. The number of pyridine rings is 1. The lowest BCUT2D eigenvalue weighted by Crippen LogP contribution is -2.22. The second-order valence-electron chi connectivity index (χ2n) is 7.13. The van der Waals surface area contributed by atoms with Crippen LogP contribution in [0.2, 0.25) is 0 Å². The molecular formula is C24H18N4O4S. The van der Waals surface area contributed by atoms with E-state index >= 15 is 0 Å². The van der Waals surface area contributed by atoms with Crippen LogP contribution in [-0.2, 0) is 4.79 Å². The van der Waals surface area contributed by atoms with Crippen LogP contribution >= 0.6 is 11.8 Å². The molecule has 0 amide bonds. The molecule has 0 fully saturated rings. The summed E-state index contributed by atoms with van der Waals surface area (Å²) in [6.07, 6.45) is -0.531. The van der Waals surface area contributed by atoms with Crippen molar-refractivity contribution in [3.05, 3.63) is 70.8 Å². The van der Waals surface area contributed by atoms with Crippen LogP contribution in [0, 0.1) is 29.6 Å². The number of nitrogens with zero attached hydrogens (tertiary/aromatic N) is 3. The third-order valence-electron chi connectivity index (χ3n) is 4.81. The predicted octanol–water partition coefficient (Wildman–Crippen LogP) is 3.91. The quantitative estimate of drug-likeness (QED) is 0.352. The molecule has 3 rings (SSSR count). The molecule has 33 heavy (non-hydrogen) atoms. The lowest BCUT2D eigenvalue weighted by atomic mass is 9.96. The number of carboxylic acid groups (broad SMARTS) is 1. The fourth-order valence-electron chi connectivity index (χ4n) is 3.19. The van der Waals surface area contributed by atoms with E-state index in [0.29, 0.717) is 5.56 Å². The number of thioether (sulfide) groups is 1. The number of aryl methyl sites for hydroxylation is 1. The van der Waals surface area contributed by atoms with Crippen LogP contribution in [0.4, 0.5) is 5.82 Å². The largest absolute Gasteiger partial charge is 0.508 e. The summed E-state index contributed by atoms with van der Waals surface area (Å²) in [5.74, 6) is -1.88. The SMILES string of the molecule is Cc1ccc(-c2c(C#N)c(N)nc(SC(CC(=O)O)C(=O)c3ccc(O)cc3)c2C#N)cc1. The molecule has 0 bridgehead atoms. The summed E-state index contributed by atoms with van der Waals surface area (Å²) in [4.78, 5) is 28.7. The Morgan fingerprint density at radius 2 is 1.67 bits per heavy atom. The van der Waals surface area contributed by atoms with Gasteiger partial charge in [-0.2, -0.15) is 10.5 Å². The number of carbonyl (C=O) groups excluding carboxylic acids is 1. The minimum atomic E-state index is -1.21. The van der Waals surface area contributed by atoms with E-state index in [0.717, 1.165) is 17.3 Å². The van der Waals surface area contributed by atoms with E-state index in [1.54, 1.807) is 12.1 Å². The number of aliphatic carboxylic acids is 1. The number of carbonyl (C=O) groups is 2. The number of nitriles is 2. The molecule has 1 aromatic heterocycles. The fourth-order valence-corrected chi connectivity index (χ4v) is 4.34. The van der Waals surface area contributed by atoms with Crippen molar-refractivity contribution in [2.45, 2.75) is 23.6 Å². The smallest absolute Gasteiger partial charge is 0.304 e. The molecule has 3 aromatic rings. The highest BCUT2D eigenvalue weighted by molar-refractivity contribution is 8.00. The van der Waals surface area contributed by atoms with Gasteiger partial charge in [-0.25, -0.2) is 4.98 Å². The van der Waals surface area contributed by atoms with Gasteiger partial charge in [0, 0.05) is 11.1 Å². The minimum Gasteiger partial charge on any atom is -0.508 e. The molecule has 1 heterocycles. The van der Waals surface area contributed by atoms with Crippen molar-refractivity contribution in [1.29, 1.82) is 10.5 Å². The molecular weight excluding hydrogens is 440 g/mol. The Morgan fingerprint density at radius 3 is 2.21 bits per heavy atom. The Hall–Kier alpha value is -4.34. The topological polar surface area (TPSA) is 161 Å². The zero-order valence-electron chi connectivity index (χ0n) is 17.4. The van der Waals surface area contributed by atoms with Crippen molar-refractivity contribution in [2.75, 3.05) is 5.73 Å². The number of rotatable bonds is 7. The highest BCUT2D eigenvalue weighted by Crippen LogP contribution is 2.38. The molecule has 9 heteroatoms. The van der Waals surface area contributed by atoms with Crippen molar-refractivity contribution in [1.82, 2.24) is 4.98 Å². The number of hydrogen-bond acceptors (Lipinski definition) is 8. The number of aromatic nitrogens is 1. The van der Waals surface area contributed by atoms with Crippen molar-refractivity contribution >= 4 is 29.3 Å². The number of phenols is 1. The third-order valence-corrected chi connectivity index (χ3v) is 6.00. The maximum atomic E-state index is 13.0. The van der Waals surface area contributed by atoms with Gasteiger partial charge in [0.2, 0.25) is 0 Å². The van der Waals surface area contributed by atoms with Gasteiger partial charge >= 0.3 is 5.97 Å². The summed E-state index contributed by atoms with van der Waals surface area (Å²) in [5.41, 5.74) is 8.11. The Balaban J connectivity index is 2.13. The number of Topliss-reactive ketones (excluding diaryl/α,β-unsaturated/α-hetero) is 1. The molecule has 2 aromatic carbocycles. The summed E-state index contributed by atoms with van der Waals surface area (Å²) in [6.45, 7) is 1.90. The monoisotopic (exact) mass is 458 g/mol. The Labute approximate surface area is 193 Å². The van der Waals surface area contributed by atoms with Gasteiger partial charge in [0.05, 0.1) is 17.2 Å². The molecule has 8 nitrogen and oxygen atoms in total. The minimum absolute atomic E-state index is 0.0272. The van der Waals surface area contributed by atoms with Crippen LogP contribution in [0.1, 0.15) is 33.5 Å². The average Bonchev–Trinajstić information content (AvgIpc) is 2.78. The van der Waals surface area contributed by atoms with Crippen LogP contribution in [-0.4, -0.2) is 32.2 Å². The van der Waals surface area contributed by atoms with Crippen LogP contribution < -0.4 is 5.73 Å². The van der Waals surface area contributed by atoms with Gasteiger partial charge in [-0.15, -0.1) is 0 Å². The Bertz CT molecular complexity index is 1310. The van der Waals surface area contributed by atoms with E-state index < -0.39 is 23.4 Å². The number of benzene rings is 2. The number of carboxylic acids is 1. The van der Waals surface area contributed by atoms with E-state index in [1.165, 1.54) is 24.3 Å². The molecule has 0 aliphatic carbocycles. The van der Waals surface area contributed by atoms with Gasteiger partial charge in [0.15, 0.2) is 5.78 Å². The summed E-state index contributed by atoms with van der Waals surface area (Å²) in [7, 11) is 0. The van der Waals surface area contributed by atoms with Gasteiger partial charge in [-0.05, 0) is 36.8 Å². The number of phenolic OH excluding ortho intramolecular Hbond substituents is 1. The maximum Gasteiger partial charge on any atom is 0.304 e. The molecule has 0 saturated carbocycles. The molecule has 4 N–H and O–H groups in total. The molecule has 164 valence electrons. The zero-order chi connectivity index (χ0) is 24.1. The molecule has 0 aliphatic heterocycles. The fraction of sp³-hybridized carbons (Fsp3) is 0.125. The number of aromatic hydroxyl groups is 1. The van der Waals surface area contributed by atoms with Crippen molar-refractivity contribution in [3.8, 4) is 29.0 Å². The first-order valence-electron chi connectivity index (χ1n) is 9.67. The van der Waals surface area contributed by atoms with Gasteiger partial charge in [0.1, 0.15) is 34.3 Å². The highest BCUT2D eigenvalue weighted by atomic mass is 32.2. The molecule has 1 atom stereocenters. The van der Waals surface area contributed by atoms with Crippen LogP contribution in [0.25, 0.3) is 11.1 Å². The molecule has 0 spiro atoms. The van der Waals surface area contributed by atoms with Crippen LogP contribution in [0.5, 0.6) is 5.75 Å². The van der Waals surface area contributed by atoms with Gasteiger partial charge in [0.25, 0.3) is 0 Å². The number of ketones is 1. The predicted molar refractivity (Wildman–Crippen MR) is 123 cm³/mol. The number of nitrogens with two attached hydrogens (primary N) is 1. The first kappa shape index (κ1) is 23.3. The van der Waals surface area contributed by atoms with E-state index in [9.17, 15) is 30.3 Å². The van der Waals surface area contributed by atoms with E-state index in [1.807, 2.05) is 31.2 Å². The standard InChI is InChI=1S/C24H18N4O4S/c1-13-2-4-14(5-3-13)21-17(11-25)23(27)28-24(18(21)12-26)33-19(10-20(30)31)22(32)15-6-8-16(29)9-7-15/h2-9,19,29H,10H2,1H3,(H2,27,28)(H,30,31). The molecule has 0 aliphatic rings. The van der Waals surface area contributed by atoms with Gasteiger partial charge < -0.3 is 15.9 Å². The Morgan fingerprint density at radius 1 is 1.06 bits per heavy atom. The maximum absolute atomic E-state index is 13.0. The number of nitrogen functional groups attached to an aromatic ring is 1. The number of hydrogen-bond donors (Lipinski definition) is 3. The average molecular weight is 458 g/mol. The summed E-state index contributed by atoms with van der Waals surface area (Å²) < 4.78 is 0. The second kappa shape index (κ2) is 9.86. The van der Waals surface area contributed by atoms with E-state index in [-0.39, 0.29) is 38.8 Å². The first-order valence-corrected chi connectivity index (χ1v) is 10.6. The van der Waals surface area contributed by atoms with Crippen LogP contribution in [0.15, 0.2) is 53.6 Å². The zero-order valence-corrected chi connectivity index (χ0v) is 18.3. The highest BCUT2D eigenvalue weighted by Gasteiger charge is 2.28. The van der Waals surface area contributed by atoms with Crippen molar-refractivity contribution < 1.29 is 19.8 Å². The summed E-state index contributed by atoms with van der Waals surface area (Å²) >= 11 is 0.805. The lowest BCUT2D eigenvalue weighted by molar-refractivity contribution is -0.136. The Kier molecular flexibility index (Phi) is 6.97. The third kappa shape index (κ3) is 5.12. The van der Waals surface area contributed by atoms with E-state index in [4.69, 9.17) is 5.73 Å². The first-order chi connectivity index (χ1) is 15.7. The lowest BCUT2D eigenvalue weighted by Gasteiger charge is -2.17. The van der Waals surface area contributed by atoms with Crippen LogP contribution in [0.3, 0.4) is 0 Å². The van der Waals surface area contributed by atoms with E-state index in [2.05, 4.69) is 4.98 Å². The summed E-state index contributed by atoms with van der Waals surface area (Å²) in [5, 5.41) is 37.3.